The molecule has 1 aliphatic heterocycles. The fourth-order valence-electron chi connectivity index (χ4n) is 2.41. The first-order valence-electron chi connectivity index (χ1n) is 6.84. The fourth-order valence-corrected chi connectivity index (χ4v) is 2.41. The summed E-state index contributed by atoms with van der Waals surface area (Å²) in [6, 6.07) is 6.30. The van der Waals surface area contributed by atoms with Crippen molar-refractivity contribution in [2.45, 2.75) is 32.4 Å². The Morgan fingerprint density at radius 3 is 2.65 bits per heavy atom. The van der Waals surface area contributed by atoms with E-state index in [0.29, 0.717) is 25.1 Å². The summed E-state index contributed by atoms with van der Waals surface area (Å²) in [5.74, 6) is -0.490. The summed E-state index contributed by atoms with van der Waals surface area (Å²) in [6.07, 6.45) is 1.46. The number of nitrogens with zero attached hydrogens (tertiary/aromatic N) is 1. The van der Waals surface area contributed by atoms with Gasteiger partial charge in [0.25, 0.3) is 5.91 Å². The number of carbonyl (C=O) groups is 2. The van der Waals surface area contributed by atoms with Crippen molar-refractivity contribution in [2.75, 3.05) is 13.2 Å². The molecule has 20 heavy (non-hydrogen) atoms. The van der Waals surface area contributed by atoms with Crippen LogP contribution in [0.4, 0.5) is 0 Å². The predicted octanol–water partition coefficient (Wildman–Crippen LogP) is 1.35. The first kappa shape index (κ1) is 14.5. The van der Waals surface area contributed by atoms with Crippen LogP contribution in [0, 0.1) is 0 Å². The molecule has 1 unspecified atom stereocenters. The summed E-state index contributed by atoms with van der Waals surface area (Å²) < 4.78 is 5.01. The number of hydrogen-bond donors (Lipinski definition) is 1. The smallest absolute Gasteiger partial charge is 0.328 e. The third kappa shape index (κ3) is 2.99. The van der Waals surface area contributed by atoms with Gasteiger partial charge in [0.15, 0.2) is 0 Å². The quantitative estimate of drug-likeness (QED) is 0.844. The Hall–Kier alpha value is -1.88. The standard InChI is InChI=1S/C15H19NO4/c1-2-20-15(19)13-4-3-9-16(13)14(18)12-7-5-11(10-17)6-8-12/h5-8,13,17H,2-4,9-10H2,1H3. The molecule has 0 saturated carbocycles. The van der Waals surface area contributed by atoms with Crippen molar-refractivity contribution in [3.05, 3.63) is 35.4 Å². The van der Waals surface area contributed by atoms with E-state index in [-0.39, 0.29) is 18.5 Å². The number of hydrogen-bond acceptors (Lipinski definition) is 4. The molecule has 1 saturated heterocycles. The summed E-state index contributed by atoms with van der Waals surface area (Å²) in [5.41, 5.74) is 1.28. The molecule has 5 heteroatoms. The van der Waals surface area contributed by atoms with Crippen molar-refractivity contribution in [2.24, 2.45) is 0 Å². The molecule has 1 amide bonds. The summed E-state index contributed by atoms with van der Waals surface area (Å²) >= 11 is 0. The van der Waals surface area contributed by atoms with Crippen molar-refractivity contribution >= 4 is 11.9 Å². The third-order valence-corrected chi connectivity index (χ3v) is 3.46. The number of rotatable bonds is 4. The van der Waals surface area contributed by atoms with Gasteiger partial charge in [-0.3, -0.25) is 4.79 Å². The average Bonchev–Trinajstić information content (AvgIpc) is 2.96. The highest BCUT2D eigenvalue weighted by Gasteiger charge is 2.35. The van der Waals surface area contributed by atoms with Crippen LogP contribution in [0.2, 0.25) is 0 Å². The predicted molar refractivity (Wildman–Crippen MR) is 73.1 cm³/mol. The molecule has 0 radical (unpaired) electrons. The van der Waals surface area contributed by atoms with Gasteiger partial charge in [0.05, 0.1) is 13.2 Å². The summed E-state index contributed by atoms with van der Waals surface area (Å²) in [4.78, 5) is 25.8. The highest BCUT2D eigenvalue weighted by Crippen LogP contribution is 2.21. The number of amides is 1. The molecular formula is C15H19NO4. The topological polar surface area (TPSA) is 66.8 Å². The Kier molecular flexibility index (Phi) is 4.74. The fraction of sp³-hybridized carbons (Fsp3) is 0.467. The molecule has 1 atom stereocenters. The van der Waals surface area contributed by atoms with Crippen molar-refractivity contribution in [1.29, 1.82) is 0 Å². The number of carbonyl (C=O) groups excluding carboxylic acids is 2. The van der Waals surface area contributed by atoms with Crippen LogP contribution < -0.4 is 0 Å². The van der Waals surface area contributed by atoms with Crippen LogP contribution in [0.15, 0.2) is 24.3 Å². The maximum atomic E-state index is 12.4. The van der Waals surface area contributed by atoms with Gasteiger partial charge in [-0.1, -0.05) is 12.1 Å². The molecule has 2 rings (SSSR count). The van der Waals surface area contributed by atoms with Gasteiger partial charge in [-0.2, -0.15) is 0 Å². The van der Waals surface area contributed by atoms with Gasteiger partial charge in [-0.05, 0) is 37.5 Å². The van der Waals surface area contributed by atoms with Gasteiger partial charge in [0.1, 0.15) is 6.04 Å². The average molecular weight is 277 g/mol. The van der Waals surface area contributed by atoms with Crippen LogP contribution in [0.5, 0.6) is 0 Å². The van der Waals surface area contributed by atoms with Crippen LogP contribution in [0.25, 0.3) is 0 Å². The molecule has 0 aliphatic carbocycles. The SMILES string of the molecule is CCOC(=O)C1CCCN1C(=O)c1ccc(CO)cc1. The Balaban J connectivity index is 2.12. The lowest BCUT2D eigenvalue weighted by molar-refractivity contribution is -0.147. The summed E-state index contributed by atoms with van der Waals surface area (Å²) in [7, 11) is 0. The molecule has 0 spiro atoms. The first-order chi connectivity index (χ1) is 9.67. The molecule has 0 bridgehead atoms. The number of aliphatic hydroxyl groups is 1. The largest absolute Gasteiger partial charge is 0.464 e. The Bertz CT molecular complexity index is 483. The van der Waals surface area contributed by atoms with Gasteiger partial charge >= 0.3 is 5.97 Å². The zero-order chi connectivity index (χ0) is 14.5. The van der Waals surface area contributed by atoms with E-state index in [0.717, 1.165) is 12.0 Å². The molecular weight excluding hydrogens is 258 g/mol. The van der Waals surface area contributed by atoms with Crippen LogP contribution >= 0.6 is 0 Å². The van der Waals surface area contributed by atoms with E-state index in [9.17, 15) is 9.59 Å². The second kappa shape index (κ2) is 6.52. The molecule has 1 aromatic rings. The lowest BCUT2D eigenvalue weighted by Crippen LogP contribution is -2.41. The molecule has 1 heterocycles. The molecule has 1 aliphatic rings. The Morgan fingerprint density at radius 2 is 2.05 bits per heavy atom. The van der Waals surface area contributed by atoms with Crippen molar-refractivity contribution in [1.82, 2.24) is 4.90 Å². The van der Waals surface area contributed by atoms with Gasteiger partial charge in [0, 0.05) is 12.1 Å². The minimum Gasteiger partial charge on any atom is -0.464 e. The number of benzene rings is 1. The zero-order valence-corrected chi connectivity index (χ0v) is 11.5. The Labute approximate surface area is 118 Å². The van der Waals surface area contributed by atoms with Crippen LogP contribution in [0.3, 0.4) is 0 Å². The molecule has 1 fully saturated rings. The zero-order valence-electron chi connectivity index (χ0n) is 11.5. The van der Waals surface area contributed by atoms with Crippen molar-refractivity contribution in [3.8, 4) is 0 Å². The second-order valence-corrected chi connectivity index (χ2v) is 4.76. The molecule has 1 aromatic carbocycles. The van der Waals surface area contributed by atoms with E-state index in [1.54, 1.807) is 36.1 Å². The highest BCUT2D eigenvalue weighted by atomic mass is 16.5. The maximum absolute atomic E-state index is 12.4. The molecule has 0 aromatic heterocycles. The van der Waals surface area contributed by atoms with E-state index in [2.05, 4.69) is 0 Å². The normalized spacial score (nSPS) is 18.1. The van der Waals surface area contributed by atoms with Gasteiger partial charge in [-0.15, -0.1) is 0 Å². The molecule has 5 nitrogen and oxygen atoms in total. The van der Waals surface area contributed by atoms with Gasteiger partial charge in [-0.25, -0.2) is 4.79 Å². The highest BCUT2D eigenvalue weighted by molar-refractivity contribution is 5.97. The number of likely N-dealkylation sites (tertiary alicyclic amines) is 1. The minimum absolute atomic E-state index is 0.0519. The van der Waals surface area contributed by atoms with E-state index in [4.69, 9.17) is 9.84 Å². The van der Waals surface area contributed by atoms with Crippen molar-refractivity contribution in [3.63, 3.8) is 0 Å². The molecule has 1 N–H and O–H groups in total. The van der Waals surface area contributed by atoms with Crippen LogP contribution in [0.1, 0.15) is 35.7 Å². The minimum atomic E-state index is -0.472. The summed E-state index contributed by atoms with van der Waals surface area (Å²) in [5, 5.41) is 9.00. The van der Waals surface area contributed by atoms with E-state index in [1.807, 2.05) is 0 Å². The van der Waals surface area contributed by atoms with Crippen LogP contribution in [-0.4, -0.2) is 41.1 Å². The lowest BCUT2D eigenvalue weighted by atomic mass is 10.1. The van der Waals surface area contributed by atoms with Gasteiger partial charge in [0.2, 0.25) is 0 Å². The number of esters is 1. The van der Waals surface area contributed by atoms with E-state index in [1.165, 1.54) is 0 Å². The first-order valence-corrected chi connectivity index (χ1v) is 6.84. The maximum Gasteiger partial charge on any atom is 0.328 e. The van der Waals surface area contributed by atoms with Crippen molar-refractivity contribution < 1.29 is 19.4 Å². The van der Waals surface area contributed by atoms with E-state index >= 15 is 0 Å². The van der Waals surface area contributed by atoms with Crippen LogP contribution in [-0.2, 0) is 16.1 Å². The number of ether oxygens (including phenoxy) is 1. The van der Waals surface area contributed by atoms with Gasteiger partial charge < -0.3 is 14.7 Å². The Morgan fingerprint density at radius 1 is 1.35 bits per heavy atom. The number of aliphatic hydroxyl groups excluding tert-OH is 1. The summed E-state index contributed by atoms with van der Waals surface area (Å²) in [6.45, 7) is 2.60. The second-order valence-electron chi connectivity index (χ2n) is 4.76. The van der Waals surface area contributed by atoms with E-state index < -0.39 is 6.04 Å². The molecule has 108 valence electrons. The monoisotopic (exact) mass is 277 g/mol. The lowest BCUT2D eigenvalue weighted by Gasteiger charge is -2.23. The third-order valence-electron chi connectivity index (χ3n) is 3.46.